The number of azide groups is 1. The predicted molar refractivity (Wildman–Crippen MR) is 52.2 cm³/mol. The zero-order chi connectivity index (χ0) is 11.3. The molecule has 0 aromatic rings. The Bertz CT molecular complexity index is 277. The molecule has 84 valence electrons. The molecule has 0 saturated carbocycles. The molecular weight excluding hydrogens is 200 g/mol. The lowest BCUT2D eigenvalue weighted by Gasteiger charge is -2.32. The summed E-state index contributed by atoms with van der Waals surface area (Å²) >= 11 is 0. The molecule has 1 N–H and O–H groups in total. The molecule has 0 aromatic heterocycles. The molecule has 2 atom stereocenters. The molecule has 1 aliphatic heterocycles. The van der Waals surface area contributed by atoms with Crippen molar-refractivity contribution in [3.8, 4) is 0 Å². The molecule has 7 nitrogen and oxygen atoms in total. The van der Waals surface area contributed by atoms with Crippen molar-refractivity contribution in [1.29, 1.82) is 0 Å². The fraction of sp³-hybridized carbons (Fsp3) is 0.875. The maximum atomic E-state index is 11.3. The molecule has 0 bridgehead atoms. The highest BCUT2D eigenvalue weighted by molar-refractivity contribution is 5.67. The summed E-state index contributed by atoms with van der Waals surface area (Å²) in [7, 11) is 0. The van der Waals surface area contributed by atoms with Gasteiger partial charge in [-0.15, -0.1) is 0 Å². The first kappa shape index (κ1) is 11.6. The summed E-state index contributed by atoms with van der Waals surface area (Å²) in [6.07, 6.45) is -0.778. The van der Waals surface area contributed by atoms with Crippen LogP contribution >= 0.6 is 0 Å². The monoisotopic (exact) mass is 214 g/mol. The summed E-state index contributed by atoms with van der Waals surface area (Å²) < 4.78 is 4.80. The first-order chi connectivity index (χ1) is 7.19. The zero-order valence-corrected chi connectivity index (χ0v) is 8.54. The van der Waals surface area contributed by atoms with E-state index in [1.54, 1.807) is 6.92 Å². The van der Waals surface area contributed by atoms with Crippen molar-refractivity contribution < 1.29 is 14.6 Å². The minimum absolute atomic E-state index is 0.155. The van der Waals surface area contributed by atoms with Gasteiger partial charge in [-0.2, -0.15) is 0 Å². The largest absolute Gasteiger partial charge is 0.450 e. The summed E-state index contributed by atoms with van der Waals surface area (Å²) in [5.74, 6) is 0. The molecule has 1 amide bonds. The van der Waals surface area contributed by atoms with E-state index in [-0.39, 0.29) is 6.54 Å². The van der Waals surface area contributed by atoms with Gasteiger partial charge in [-0.05, 0) is 18.9 Å². The number of hydrogen-bond acceptors (Lipinski definition) is 4. The molecule has 15 heavy (non-hydrogen) atoms. The summed E-state index contributed by atoms with van der Waals surface area (Å²) in [6.45, 7) is 2.63. The van der Waals surface area contributed by atoms with E-state index in [1.165, 1.54) is 4.90 Å². The van der Waals surface area contributed by atoms with E-state index in [2.05, 4.69) is 10.0 Å². The lowest BCUT2D eigenvalue weighted by molar-refractivity contribution is 0.0403. The highest BCUT2D eigenvalue weighted by Gasteiger charge is 2.29. The van der Waals surface area contributed by atoms with Crippen LogP contribution in [0.4, 0.5) is 4.79 Å². The fourth-order valence-corrected chi connectivity index (χ4v) is 1.50. The minimum atomic E-state index is -0.806. The molecule has 0 radical (unpaired) electrons. The molecule has 0 aromatic carbocycles. The van der Waals surface area contributed by atoms with Crippen molar-refractivity contribution >= 4 is 6.09 Å². The molecule has 1 fully saturated rings. The molecule has 7 heteroatoms. The van der Waals surface area contributed by atoms with E-state index in [4.69, 9.17) is 10.3 Å². The van der Waals surface area contributed by atoms with Gasteiger partial charge in [0.25, 0.3) is 0 Å². The zero-order valence-electron chi connectivity index (χ0n) is 8.54. The third-order valence-corrected chi connectivity index (χ3v) is 2.27. The molecule has 1 heterocycles. The summed E-state index contributed by atoms with van der Waals surface area (Å²) in [5.41, 5.74) is 8.24. The van der Waals surface area contributed by atoms with Gasteiger partial charge in [-0.25, -0.2) is 4.79 Å². The lowest BCUT2D eigenvalue weighted by Crippen LogP contribution is -2.48. The van der Waals surface area contributed by atoms with Gasteiger partial charge in [0.05, 0.1) is 25.3 Å². The molecule has 1 saturated heterocycles. The van der Waals surface area contributed by atoms with Crippen LogP contribution in [-0.4, -0.2) is 47.9 Å². The molecule has 1 rings (SSSR count). The Morgan fingerprint density at radius 2 is 2.53 bits per heavy atom. The molecule has 1 aliphatic rings. The van der Waals surface area contributed by atoms with E-state index in [1.807, 2.05) is 0 Å². The van der Waals surface area contributed by atoms with Crippen LogP contribution in [0.5, 0.6) is 0 Å². The number of amides is 1. The maximum Gasteiger partial charge on any atom is 0.409 e. The topological polar surface area (TPSA) is 98.5 Å². The van der Waals surface area contributed by atoms with Crippen LogP contribution in [0.2, 0.25) is 0 Å². The van der Waals surface area contributed by atoms with Gasteiger partial charge in [0.2, 0.25) is 0 Å². The van der Waals surface area contributed by atoms with Crippen LogP contribution in [0.3, 0.4) is 0 Å². The van der Waals surface area contributed by atoms with Gasteiger partial charge in [0.1, 0.15) is 0 Å². The first-order valence-corrected chi connectivity index (χ1v) is 4.83. The Labute approximate surface area is 87.3 Å². The second-order valence-electron chi connectivity index (χ2n) is 3.27. The molecule has 0 aliphatic carbocycles. The normalized spacial score (nSPS) is 25.6. The standard InChI is InChI=1S/C8H14N4O3/c1-2-15-8(14)12-4-3-6(10-11-9)7(13)5-12/h6-7,13H,2-5H2,1H3/t6?,7-/m1/s1. The Morgan fingerprint density at radius 1 is 1.80 bits per heavy atom. The Hall–Kier alpha value is -1.46. The van der Waals surface area contributed by atoms with Crippen molar-refractivity contribution in [2.45, 2.75) is 25.5 Å². The second-order valence-corrected chi connectivity index (χ2v) is 3.27. The van der Waals surface area contributed by atoms with E-state index in [9.17, 15) is 9.90 Å². The van der Waals surface area contributed by atoms with Crippen LogP contribution in [0.25, 0.3) is 10.4 Å². The Balaban J connectivity index is 2.50. The number of ether oxygens (including phenoxy) is 1. The molecular formula is C8H14N4O3. The van der Waals surface area contributed by atoms with Crippen molar-refractivity contribution in [1.82, 2.24) is 4.90 Å². The quantitative estimate of drug-likeness (QED) is 0.419. The number of likely N-dealkylation sites (tertiary alicyclic amines) is 1. The van der Waals surface area contributed by atoms with Crippen molar-refractivity contribution in [2.75, 3.05) is 19.7 Å². The lowest BCUT2D eigenvalue weighted by atomic mass is 10.0. The van der Waals surface area contributed by atoms with Crippen LogP contribution in [-0.2, 0) is 4.74 Å². The number of aliphatic hydroxyl groups excluding tert-OH is 1. The summed E-state index contributed by atoms with van der Waals surface area (Å²) in [5, 5.41) is 13.0. The van der Waals surface area contributed by atoms with Crippen LogP contribution in [0, 0.1) is 0 Å². The van der Waals surface area contributed by atoms with E-state index < -0.39 is 18.2 Å². The van der Waals surface area contributed by atoms with Crippen molar-refractivity contribution in [3.63, 3.8) is 0 Å². The number of hydrogen-bond donors (Lipinski definition) is 1. The first-order valence-electron chi connectivity index (χ1n) is 4.83. The Morgan fingerprint density at radius 3 is 3.07 bits per heavy atom. The number of β-amino-alcohol motifs (C(OH)–C–C–N with tert-alkyl or cyclic N) is 1. The van der Waals surface area contributed by atoms with E-state index in [0.717, 1.165) is 0 Å². The third-order valence-electron chi connectivity index (χ3n) is 2.27. The summed E-state index contributed by atoms with van der Waals surface area (Å²) in [6, 6.07) is -0.444. The average molecular weight is 214 g/mol. The third kappa shape index (κ3) is 3.00. The van der Waals surface area contributed by atoms with Gasteiger partial charge in [0, 0.05) is 11.5 Å². The average Bonchev–Trinajstić information content (AvgIpc) is 2.21. The highest BCUT2D eigenvalue weighted by Crippen LogP contribution is 2.15. The highest BCUT2D eigenvalue weighted by atomic mass is 16.6. The maximum absolute atomic E-state index is 11.3. The van der Waals surface area contributed by atoms with Crippen LogP contribution in [0.1, 0.15) is 13.3 Å². The molecule has 1 unspecified atom stereocenters. The van der Waals surface area contributed by atoms with Gasteiger partial charge >= 0.3 is 6.09 Å². The fourth-order valence-electron chi connectivity index (χ4n) is 1.50. The van der Waals surface area contributed by atoms with E-state index in [0.29, 0.717) is 19.6 Å². The van der Waals surface area contributed by atoms with Crippen LogP contribution < -0.4 is 0 Å². The number of aliphatic hydroxyl groups is 1. The van der Waals surface area contributed by atoms with Gasteiger partial charge in [-0.3, -0.25) is 0 Å². The Kier molecular flexibility index (Phi) is 4.20. The second kappa shape index (κ2) is 5.43. The van der Waals surface area contributed by atoms with Gasteiger partial charge in [0.15, 0.2) is 0 Å². The predicted octanol–water partition coefficient (Wildman–Crippen LogP) is 0.888. The SMILES string of the molecule is CCOC(=O)N1CCC(N=[N+]=[N-])[C@H](O)C1. The number of piperidine rings is 1. The van der Waals surface area contributed by atoms with Gasteiger partial charge < -0.3 is 14.7 Å². The van der Waals surface area contributed by atoms with Crippen LogP contribution in [0.15, 0.2) is 5.11 Å². The minimum Gasteiger partial charge on any atom is -0.450 e. The number of carbonyl (C=O) groups is 1. The van der Waals surface area contributed by atoms with Crippen molar-refractivity contribution in [2.24, 2.45) is 5.11 Å². The number of carbonyl (C=O) groups excluding carboxylic acids is 1. The number of nitrogens with zero attached hydrogens (tertiary/aromatic N) is 4. The van der Waals surface area contributed by atoms with Gasteiger partial charge in [-0.1, -0.05) is 5.11 Å². The smallest absolute Gasteiger partial charge is 0.409 e. The van der Waals surface area contributed by atoms with Crippen molar-refractivity contribution in [3.05, 3.63) is 10.4 Å². The van der Waals surface area contributed by atoms with E-state index >= 15 is 0 Å². The molecule has 0 spiro atoms. The summed E-state index contributed by atoms with van der Waals surface area (Å²) in [4.78, 5) is 15.4. The number of rotatable bonds is 2.